The molecule has 1 aliphatic carbocycles. The Morgan fingerprint density at radius 2 is 1.96 bits per heavy atom. The molecular formula is C19H23N3O. The average molecular weight is 309 g/mol. The summed E-state index contributed by atoms with van der Waals surface area (Å²) in [5, 5.41) is 7.11. The Morgan fingerprint density at radius 1 is 1.17 bits per heavy atom. The molecule has 0 radical (unpaired) electrons. The lowest BCUT2D eigenvalue weighted by molar-refractivity contribution is -0.136. The minimum Gasteiger partial charge on any atom is -0.341 e. The molecule has 0 spiro atoms. The molecule has 0 bridgehead atoms. The predicted molar refractivity (Wildman–Crippen MR) is 89.1 cm³/mol. The number of amides is 1. The number of benzene rings is 1. The molecule has 1 atom stereocenters. The zero-order valence-corrected chi connectivity index (χ0v) is 13.4. The van der Waals surface area contributed by atoms with Gasteiger partial charge in [-0.25, -0.2) is 0 Å². The van der Waals surface area contributed by atoms with Crippen LogP contribution >= 0.6 is 0 Å². The van der Waals surface area contributed by atoms with Crippen molar-refractivity contribution in [1.29, 1.82) is 0 Å². The summed E-state index contributed by atoms with van der Waals surface area (Å²) in [6.45, 7) is 1.67. The van der Waals surface area contributed by atoms with Crippen LogP contribution in [0.25, 0.3) is 0 Å². The molecule has 2 heterocycles. The number of H-pyrrole nitrogens is 1. The van der Waals surface area contributed by atoms with E-state index < -0.39 is 0 Å². The fourth-order valence-electron chi connectivity index (χ4n) is 4.36. The second kappa shape index (κ2) is 5.84. The fourth-order valence-corrected chi connectivity index (χ4v) is 4.36. The molecule has 1 saturated heterocycles. The smallest absolute Gasteiger partial charge is 0.233 e. The van der Waals surface area contributed by atoms with E-state index in [1.54, 1.807) is 6.20 Å². The maximum Gasteiger partial charge on any atom is 0.233 e. The molecule has 1 aliphatic heterocycles. The normalized spacial score (nSPS) is 23.3. The van der Waals surface area contributed by atoms with Gasteiger partial charge in [-0.05, 0) is 30.9 Å². The molecule has 4 heteroatoms. The molecule has 120 valence electrons. The SMILES string of the molecule is O=C(N1CC[C@H](c2ccn[nH]2)C1)C1(c2ccccc2)CCCC1. The first-order chi connectivity index (χ1) is 11.3. The van der Waals surface area contributed by atoms with Gasteiger partial charge in [0.15, 0.2) is 0 Å². The van der Waals surface area contributed by atoms with Crippen LogP contribution in [0.15, 0.2) is 42.6 Å². The van der Waals surface area contributed by atoms with Crippen molar-refractivity contribution in [2.45, 2.75) is 43.4 Å². The molecule has 23 heavy (non-hydrogen) atoms. The number of hydrogen-bond donors (Lipinski definition) is 1. The van der Waals surface area contributed by atoms with Gasteiger partial charge in [0.2, 0.25) is 5.91 Å². The molecular weight excluding hydrogens is 286 g/mol. The van der Waals surface area contributed by atoms with Crippen LogP contribution in [-0.2, 0) is 10.2 Å². The molecule has 1 saturated carbocycles. The summed E-state index contributed by atoms with van der Waals surface area (Å²) in [5.74, 6) is 0.735. The highest BCUT2D eigenvalue weighted by atomic mass is 16.2. The van der Waals surface area contributed by atoms with Gasteiger partial charge in [0, 0.05) is 30.9 Å². The van der Waals surface area contributed by atoms with Crippen LogP contribution in [0.4, 0.5) is 0 Å². The third-order valence-corrected chi connectivity index (χ3v) is 5.63. The first kappa shape index (κ1) is 14.5. The largest absolute Gasteiger partial charge is 0.341 e. The van der Waals surface area contributed by atoms with E-state index in [9.17, 15) is 4.79 Å². The van der Waals surface area contributed by atoms with Crippen molar-refractivity contribution >= 4 is 5.91 Å². The Kier molecular flexibility index (Phi) is 3.68. The Morgan fingerprint density at radius 3 is 2.65 bits per heavy atom. The molecule has 2 aliphatic rings. The van der Waals surface area contributed by atoms with Crippen LogP contribution in [0.3, 0.4) is 0 Å². The Hall–Kier alpha value is -2.10. The highest BCUT2D eigenvalue weighted by molar-refractivity contribution is 5.89. The molecule has 0 unspecified atom stereocenters. The van der Waals surface area contributed by atoms with Crippen molar-refractivity contribution in [3.05, 3.63) is 53.9 Å². The third-order valence-electron chi connectivity index (χ3n) is 5.63. The van der Waals surface area contributed by atoms with E-state index in [0.29, 0.717) is 11.8 Å². The highest BCUT2D eigenvalue weighted by Crippen LogP contribution is 2.43. The first-order valence-corrected chi connectivity index (χ1v) is 8.64. The topological polar surface area (TPSA) is 49.0 Å². The summed E-state index contributed by atoms with van der Waals surface area (Å²) in [6.07, 6.45) is 7.10. The summed E-state index contributed by atoms with van der Waals surface area (Å²) in [5.41, 5.74) is 2.07. The van der Waals surface area contributed by atoms with Gasteiger partial charge in [-0.2, -0.15) is 5.10 Å². The molecule has 1 aromatic heterocycles. The number of carbonyl (C=O) groups excluding carboxylic acids is 1. The number of rotatable bonds is 3. The van der Waals surface area contributed by atoms with Gasteiger partial charge in [-0.1, -0.05) is 43.2 Å². The van der Waals surface area contributed by atoms with E-state index in [4.69, 9.17) is 0 Å². The summed E-state index contributed by atoms with van der Waals surface area (Å²) >= 11 is 0. The van der Waals surface area contributed by atoms with E-state index in [-0.39, 0.29) is 5.41 Å². The Balaban J connectivity index is 1.57. The fraction of sp³-hybridized carbons (Fsp3) is 0.474. The van der Waals surface area contributed by atoms with Crippen LogP contribution in [0.5, 0.6) is 0 Å². The molecule has 2 fully saturated rings. The van der Waals surface area contributed by atoms with Gasteiger partial charge in [-0.3, -0.25) is 9.89 Å². The Bertz CT molecular complexity index is 659. The van der Waals surface area contributed by atoms with Crippen molar-refractivity contribution in [3.8, 4) is 0 Å². The predicted octanol–water partition coefficient (Wildman–Crippen LogP) is 3.24. The van der Waals surface area contributed by atoms with Crippen molar-refractivity contribution < 1.29 is 4.79 Å². The van der Waals surface area contributed by atoms with Crippen LogP contribution in [0.2, 0.25) is 0 Å². The number of aromatic amines is 1. The second-order valence-electron chi connectivity index (χ2n) is 6.90. The van der Waals surface area contributed by atoms with E-state index in [0.717, 1.165) is 50.9 Å². The molecule has 4 rings (SSSR count). The zero-order chi connectivity index (χ0) is 15.7. The summed E-state index contributed by atoms with van der Waals surface area (Å²) in [7, 11) is 0. The first-order valence-electron chi connectivity index (χ1n) is 8.64. The van der Waals surface area contributed by atoms with E-state index in [1.165, 1.54) is 5.56 Å². The van der Waals surface area contributed by atoms with Crippen LogP contribution in [-0.4, -0.2) is 34.1 Å². The molecule has 1 N–H and O–H groups in total. The zero-order valence-electron chi connectivity index (χ0n) is 13.4. The van der Waals surface area contributed by atoms with E-state index in [2.05, 4.69) is 39.4 Å². The lowest BCUT2D eigenvalue weighted by atomic mass is 9.77. The monoisotopic (exact) mass is 309 g/mol. The number of hydrogen-bond acceptors (Lipinski definition) is 2. The quantitative estimate of drug-likeness (QED) is 0.946. The van der Waals surface area contributed by atoms with Gasteiger partial charge in [0.25, 0.3) is 0 Å². The number of carbonyl (C=O) groups is 1. The van der Waals surface area contributed by atoms with Crippen LogP contribution in [0.1, 0.15) is 49.3 Å². The maximum absolute atomic E-state index is 13.4. The summed E-state index contributed by atoms with van der Waals surface area (Å²) < 4.78 is 0. The van der Waals surface area contributed by atoms with Gasteiger partial charge in [0.05, 0.1) is 5.41 Å². The molecule has 4 nitrogen and oxygen atoms in total. The van der Waals surface area contributed by atoms with Crippen LogP contribution in [0, 0.1) is 0 Å². The van der Waals surface area contributed by atoms with Gasteiger partial charge >= 0.3 is 0 Å². The standard InChI is InChI=1S/C19H23N3O/c23-18(22-13-9-15(14-22)17-8-12-20-21-17)19(10-4-5-11-19)16-6-2-1-3-7-16/h1-3,6-8,12,15H,4-5,9-11,13-14H2,(H,20,21)/t15-/m0/s1. The van der Waals surface area contributed by atoms with Crippen molar-refractivity contribution in [2.24, 2.45) is 0 Å². The Labute approximate surface area is 136 Å². The van der Waals surface area contributed by atoms with Crippen LogP contribution < -0.4 is 0 Å². The van der Waals surface area contributed by atoms with Gasteiger partial charge in [-0.15, -0.1) is 0 Å². The highest BCUT2D eigenvalue weighted by Gasteiger charge is 2.46. The van der Waals surface area contributed by atoms with E-state index in [1.807, 2.05) is 12.1 Å². The van der Waals surface area contributed by atoms with Gasteiger partial charge in [0.1, 0.15) is 0 Å². The summed E-state index contributed by atoms with van der Waals surface area (Å²) in [4.78, 5) is 15.5. The number of likely N-dealkylation sites (tertiary alicyclic amines) is 1. The van der Waals surface area contributed by atoms with Gasteiger partial charge < -0.3 is 4.90 Å². The lowest BCUT2D eigenvalue weighted by Crippen LogP contribution is -2.44. The summed E-state index contributed by atoms with van der Waals surface area (Å²) in [6, 6.07) is 12.4. The molecule has 1 aromatic carbocycles. The van der Waals surface area contributed by atoms with Crippen molar-refractivity contribution in [2.75, 3.05) is 13.1 Å². The number of nitrogens with one attached hydrogen (secondary N) is 1. The minimum absolute atomic E-state index is 0.288. The number of aromatic nitrogens is 2. The molecule has 2 aromatic rings. The second-order valence-corrected chi connectivity index (χ2v) is 6.90. The van der Waals surface area contributed by atoms with E-state index >= 15 is 0 Å². The third kappa shape index (κ3) is 2.46. The minimum atomic E-state index is -0.288. The van der Waals surface area contributed by atoms with Crippen molar-refractivity contribution in [3.63, 3.8) is 0 Å². The lowest BCUT2D eigenvalue weighted by Gasteiger charge is -2.33. The molecule has 1 amide bonds. The maximum atomic E-state index is 13.4. The number of nitrogens with zero attached hydrogens (tertiary/aromatic N) is 2. The van der Waals surface area contributed by atoms with Crippen molar-refractivity contribution in [1.82, 2.24) is 15.1 Å². The average Bonchev–Trinajstić information content (AvgIpc) is 3.35.